The Morgan fingerprint density at radius 3 is 2.94 bits per heavy atom. The standard InChI is InChI=1S/C12H23N3O2/c1-12(2)11(16)15(5-4-13-12)9-10-8-14(3)6-7-17-10/h10,13H,4-9H2,1-3H3. The molecule has 0 aromatic rings. The number of carbonyl (C=O) groups is 1. The van der Waals surface area contributed by atoms with Crippen molar-refractivity contribution in [3.05, 3.63) is 0 Å². The number of nitrogens with zero attached hydrogens (tertiary/aromatic N) is 2. The highest BCUT2D eigenvalue weighted by Crippen LogP contribution is 2.14. The Hall–Kier alpha value is -0.650. The highest BCUT2D eigenvalue weighted by molar-refractivity contribution is 5.86. The first-order valence-corrected chi connectivity index (χ1v) is 6.33. The second kappa shape index (κ2) is 4.92. The van der Waals surface area contributed by atoms with Gasteiger partial charge in [0, 0.05) is 32.7 Å². The smallest absolute Gasteiger partial charge is 0.242 e. The van der Waals surface area contributed by atoms with E-state index < -0.39 is 5.54 Å². The molecular weight excluding hydrogens is 218 g/mol. The number of piperazine rings is 1. The second-order valence-corrected chi connectivity index (χ2v) is 5.56. The molecule has 2 saturated heterocycles. The molecule has 2 heterocycles. The molecule has 0 saturated carbocycles. The Kier molecular flexibility index (Phi) is 3.70. The summed E-state index contributed by atoms with van der Waals surface area (Å²) in [6.07, 6.45) is 0.159. The highest BCUT2D eigenvalue weighted by Gasteiger charge is 2.36. The van der Waals surface area contributed by atoms with E-state index in [4.69, 9.17) is 4.74 Å². The fraction of sp³-hybridized carbons (Fsp3) is 0.917. The molecule has 17 heavy (non-hydrogen) atoms. The van der Waals surface area contributed by atoms with E-state index in [0.29, 0.717) is 6.54 Å². The average Bonchev–Trinajstić information content (AvgIpc) is 2.25. The molecule has 2 rings (SSSR count). The van der Waals surface area contributed by atoms with Gasteiger partial charge in [0.05, 0.1) is 18.2 Å². The van der Waals surface area contributed by atoms with E-state index in [1.807, 2.05) is 18.7 Å². The number of morpholine rings is 1. The SMILES string of the molecule is CN1CCOC(CN2CCNC(C)(C)C2=O)C1. The van der Waals surface area contributed by atoms with Crippen LogP contribution in [-0.2, 0) is 9.53 Å². The van der Waals surface area contributed by atoms with Gasteiger partial charge in [-0.25, -0.2) is 0 Å². The Morgan fingerprint density at radius 2 is 2.24 bits per heavy atom. The third-order valence-electron chi connectivity index (χ3n) is 3.54. The number of nitrogens with one attached hydrogen (secondary N) is 1. The molecule has 0 spiro atoms. The van der Waals surface area contributed by atoms with Gasteiger partial charge in [-0.05, 0) is 20.9 Å². The van der Waals surface area contributed by atoms with E-state index in [9.17, 15) is 4.79 Å². The van der Waals surface area contributed by atoms with Crippen molar-refractivity contribution in [2.24, 2.45) is 0 Å². The lowest BCUT2D eigenvalue weighted by Crippen LogP contribution is -2.63. The summed E-state index contributed by atoms with van der Waals surface area (Å²) in [6.45, 7) is 8.91. The Labute approximate surface area is 103 Å². The van der Waals surface area contributed by atoms with Crippen molar-refractivity contribution in [3.63, 3.8) is 0 Å². The molecule has 1 unspecified atom stereocenters. The van der Waals surface area contributed by atoms with Gasteiger partial charge in [0.1, 0.15) is 0 Å². The Bertz CT molecular complexity index is 293. The first-order chi connectivity index (χ1) is 7.99. The summed E-state index contributed by atoms with van der Waals surface area (Å²) in [5, 5.41) is 3.24. The van der Waals surface area contributed by atoms with Crippen LogP contribution in [-0.4, -0.2) is 73.7 Å². The molecule has 0 bridgehead atoms. The van der Waals surface area contributed by atoms with Gasteiger partial charge in [-0.3, -0.25) is 4.79 Å². The van der Waals surface area contributed by atoms with Crippen LogP contribution in [0.4, 0.5) is 0 Å². The van der Waals surface area contributed by atoms with Crippen LogP contribution in [0.2, 0.25) is 0 Å². The maximum Gasteiger partial charge on any atom is 0.242 e. The summed E-state index contributed by atoms with van der Waals surface area (Å²) in [5.41, 5.74) is -0.432. The van der Waals surface area contributed by atoms with Gasteiger partial charge in [-0.1, -0.05) is 0 Å². The van der Waals surface area contributed by atoms with Gasteiger partial charge < -0.3 is 19.9 Å². The minimum atomic E-state index is -0.432. The lowest BCUT2D eigenvalue weighted by Gasteiger charge is -2.41. The number of rotatable bonds is 2. The lowest BCUT2D eigenvalue weighted by molar-refractivity contribution is -0.143. The van der Waals surface area contributed by atoms with Gasteiger partial charge in [0.2, 0.25) is 5.91 Å². The van der Waals surface area contributed by atoms with Gasteiger partial charge in [-0.2, -0.15) is 0 Å². The monoisotopic (exact) mass is 241 g/mol. The average molecular weight is 241 g/mol. The van der Waals surface area contributed by atoms with Gasteiger partial charge >= 0.3 is 0 Å². The molecule has 1 atom stereocenters. The predicted molar refractivity (Wildman–Crippen MR) is 65.9 cm³/mol. The third kappa shape index (κ3) is 2.97. The Balaban J connectivity index is 1.91. The molecule has 2 fully saturated rings. The van der Waals surface area contributed by atoms with E-state index in [2.05, 4.69) is 17.3 Å². The quantitative estimate of drug-likeness (QED) is 0.710. The van der Waals surface area contributed by atoms with Crippen LogP contribution in [0.1, 0.15) is 13.8 Å². The van der Waals surface area contributed by atoms with Crippen LogP contribution >= 0.6 is 0 Å². The van der Waals surface area contributed by atoms with Crippen molar-refractivity contribution in [3.8, 4) is 0 Å². The number of amides is 1. The molecule has 98 valence electrons. The predicted octanol–water partition coefficient (Wildman–Crippen LogP) is -0.473. The van der Waals surface area contributed by atoms with Crippen LogP contribution < -0.4 is 5.32 Å². The lowest BCUT2D eigenvalue weighted by atomic mass is 10.0. The largest absolute Gasteiger partial charge is 0.374 e. The van der Waals surface area contributed by atoms with E-state index >= 15 is 0 Å². The first-order valence-electron chi connectivity index (χ1n) is 6.33. The zero-order valence-electron chi connectivity index (χ0n) is 11.0. The maximum atomic E-state index is 12.2. The molecule has 2 aliphatic heterocycles. The third-order valence-corrected chi connectivity index (χ3v) is 3.54. The summed E-state index contributed by atoms with van der Waals surface area (Å²) < 4.78 is 5.71. The molecule has 0 aliphatic carbocycles. The first kappa shape index (κ1) is 12.8. The summed E-state index contributed by atoms with van der Waals surface area (Å²) in [4.78, 5) is 16.4. The second-order valence-electron chi connectivity index (χ2n) is 5.56. The van der Waals surface area contributed by atoms with Crippen LogP contribution in [0.15, 0.2) is 0 Å². The van der Waals surface area contributed by atoms with Gasteiger partial charge in [-0.15, -0.1) is 0 Å². The van der Waals surface area contributed by atoms with Crippen LogP contribution in [0.5, 0.6) is 0 Å². The van der Waals surface area contributed by atoms with Gasteiger partial charge in [0.25, 0.3) is 0 Å². The van der Waals surface area contributed by atoms with Crippen LogP contribution in [0.25, 0.3) is 0 Å². The van der Waals surface area contributed by atoms with Crippen molar-refractivity contribution in [2.75, 3.05) is 46.4 Å². The molecular formula is C12H23N3O2. The molecule has 5 heteroatoms. The number of hydrogen-bond acceptors (Lipinski definition) is 4. The number of carbonyl (C=O) groups excluding carboxylic acids is 1. The van der Waals surface area contributed by atoms with E-state index in [1.54, 1.807) is 0 Å². The fourth-order valence-electron chi connectivity index (χ4n) is 2.47. The molecule has 2 aliphatic rings. The van der Waals surface area contributed by atoms with Crippen molar-refractivity contribution in [1.29, 1.82) is 0 Å². The van der Waals surface area contributed by atoms with Crippen LogP contribution in [0, 0.1) is 0 Å². The minimum Gasteiger partial charge on any atom is -0.374 e. The van der Waals surface area contributed by atoms with Crippen LogP contribution in [0.3, 0.4) is 0 Å². The zero-order chi connectivity index (χ0) is 12.5. The summed E-state index contributed by atoms with van der Waals surface area (Å²) in [7, 11) is 2.10. The fourth-order valence-corrected chi connectivity index (χ4v) is 2.47. The summed E-state index contributed by atoms with van der Waals surface area (Å²) >= 11 is 0. The number of hydrogen-bond donors (Lipinski definition) is 1. The normalized spacial score (nSPS) is 30.6. The molecule has 0 radical (unpaired) electrons. The molecule has 0 aromatic heterocycles. The topological polar surface area (TPSA) is 44.8 Å². The highest BCUT2D eigenvalue weighted by atomic mass is 16.5. The molecule has 0 aromatic carbocycles. The molecule has 1 N–H and O–H groups in total. The van der Waals surface area contributed by atoms with Crippen molar-refractivity contribution >= 4 is 5.91 Å². The van der Waals surface area contributed by atoms with Crippen molar-refractivity contribution < 1.29 is 9.53 Å². The number of likely N-dealkylation sites (N-methyl/N-ethyl adjacent to an activating group) is 1. The van der Waals surface area contributed by atoms with Crippen molar-refractivity contribution in [2.45, 2.75) is 25.5 Å². The summed E-state index contributed by atoms with van der Waals surface area (Å²) in [5.74, 6) is 0.181. The molecule has 1 amide bonds. The minimum absolute atomic E-state index is 0.159. The maximum absolute atomic E-state index is 12.2. The van der Waals surface area contributed by atoms with Gasteiger partial charge in [0.15, 0.2) is 0 Å². The summed E-state index contributed by atoms with van der Waals surface area (Å²) in [6, 6.07) is 0. The molecule has 5 nitrogen and oxygen atoms in total. The zero-order valence-corrected chi connectivity index (χ0v) is 11.0. The van der Waals surface area contributed by atoms with E-state index in [0.717, 1.165) is 32.8 Å². The van der Waals surface area contributed by atoms with Crippen molar-refractivity contribution in [1.82, 2.24) is 15.1 Å². The van der Waals surface area contributed by atoms with E-state index in [-0.39, 0.29) is 12.0 Å². The number of ether oxygens (including phenoxy) is 1. The Morgan fingerprint density at radius 1 is 1.47 bits per heavy atom. The van der Waals surface area contributed by atoms with E-state index in [1.165, 1.54) is 0 Å².